The van der Waals surface area contributed by atoms with Gasteiger partial charge < -0.3 is 25.6 Å². The summed E-state index contributed by atoms with van der Waals surface area (Å²) in [4.78, 5) is 41.4. The van der Waals surface area contributed by atoms with E-state index >= 15 is 0 Å². The summed E-state index contributed by atoms with van der Waals surface area (Å²) in [5.74, 6) is -1.09. The van der Waals surface area contributed by atoms with Gasteiger partial charge in [-0.1, -0.05) is 31.2 Å². The lowest BCUT2D eigenvalue weighted by atomic mass is 9.86. The lowest BCUT2D eigenvalue weighted by Crippen LogP contribution is -2.60. The second-order valence-corrected chi connectivity index (χ2v) is 9.19. The third-order valence-corrected chi connectivity index (χ3v) is 6.90. The molecule has 0 bridgehead atoms. The molecule has 2 aromatic rings. The molecule has 0 spiro atoms. The summed E-state index contributed by atoms with van der Waals surface area (Å²) < 4.78 is 4.82. The van der Waals surface area contributed by atoms with E-state index in [1.165, 1.54) is 12.0 Å². The van der Waals surface area contributed by atoms with E-state index in [-0.39, 0.29) is 18.4 Å². The fourth-order valence-corrected chi connectivity index (χ4v) is 4.84. The molecule has 3 rings (SSSR count). The van der Waals surface area contributed by atoms with Crippen molar-refractivity contribution in [2.75, 3.05) is 46.4 Å². The lowest BCUT2D eigenvalue weighted by molar-refractivity contribution is -0.141. The van der Waals surface area contributed by atoms with Gasteiger partial charge >= 0.3 is 5.97 Å². The Kier molecular flexibility index (Phi) is 9.39. The maximum Gasteiger partial charge on any atom is 0.325 e. The molecule has 36 heavy (non-hydrogen) atoms. The number of amides is 2. The van der Waals surface area contributed by atoms with Crippen LogP contribution in [0.25, 0.3) is 10.8 Å². The summed E-state index contributed by atoms with van der Waals surface area (Å²) >= 11 is 0. The number of likely N-dealkylation sites (tertiary alicyclic amines) is 1. The summed E-state index contributed by atoms with van der Waals surface area (Å²) in [5.41, 5.74) is 5.82. The van der Waals surface area contributed by atoms with Gasteiger partial charge in [-0.2, -0.15) is 5.26 Å². The number of nitrogens with zero attached hydrogens (tertiary/aromatic N) is 3. The van der Waals surface area contributed by atoms with Crippen LogP contribution in [-0.4, -0.2) is 79.5 Å². The number of piperidine rings is 1. The number of rotatable bonds is 11. The molecular weight excluding hydrogens is 458 g/mol. The second kappa shape index (κ2) is 12.5. The minimum atomic E-state index is -0.629. The average molecular weight is 494 g/mol. The SMILES string of the molecule is CCNC1(C(N)=O)CCN(CCCCN(CC(=O)OC)C(=O)c2cc(C#N)cc3ccccc23)CC1. The first-order chi connectivity index (χ1) is 17.3. The molecule has 0 aromatic heterocycles. The van der Waals surface area contributed by atoms with Gasteiger partial charge in [-0.25, -0.2) is 0 Å². The minimum Gasteiger partial charge on any atom is -0.468 e. The van der Waals surface area contributed by atoms with Gasteiger partial charge in [0, 0.05) is 25.2 Å². The first-order valence-corrected chi connectivity index (χ1v) is 12.4. The fraction of sp³-hybridized carbons (Fsp3) is 0.481. The molecule has 1 saturated heterocycles. The summed E-state index contributed by atoms with van der Waals surface area (Å²) in [7, 11) is 1.30. The number of nitriles is 1. The predicted octanol–water partition coefficient (Wildman–Crippen LogP) is 2.04. The number of methoxy groups -OCH3 is 1. The van der Waals surface area contributed by atoms with Crippen molar-refractivity contribution in [1.82, 2.24) is 15.1 Å². The minimum absolute atomic E-state index is 0.159. The van der Waals surface area contributed by atoms with E-state index in [1.807, 2.05) is 31.2 Å². The average Bonchev–Trinajstić information content (AvgIpc) is 2.90. The van der Waals surface area contributed by atoms with Gasteiger partial charge in [0.1, 0.15) is 12.1 Å². The van der Waals surface area contributed by atoms with Gasteiger partial charge in [0.15, 0.2) is 0 Å². The van der Waals surface area contributed by atoms with E-state index in [0.29, 0.717) is 43.5 Å². The lowest BCUT2D eigenvalue weighted by Gasteiger charge is -2.40. The fourth-order valence-electron chi connectivity index (χ4n) is 4.84. The van der Waals surface area contributed by atoms with Crippen LogP contribution in [0, 0.1) is 11.3 Å². The standard InChI is InChI=1S/C27H35N5O4/c1-3-30-27(26(29)35)10-14-31(15-11-27)12-6-7-13-32(19-24(33)36-2)25(34)23-17-20(18-28)16-21-8-4-5-9-22(21)23/h4-5,8-9,16-17,30H,3,6-7,10-15,19H2,1-2H3,(H2,29,35). The van der Waals surface area contributed by atoms with Crippen LogP contribution in [0.3, 0.4) is 0 Å². The van der Waals surface area contributed by atoms with E-state index in [1.54, 1.807) is 12.1 Å². The summed E-state index contributed by atoms with van der Waals surface area (Å²) in [6.07, 6.45) is 2.87. The number of carbonyl (C=O) groups excluding carboxylic acids is 3. The molecule has 1 fully saturated rings. The Bertz CT molecular complexity index is 1130. The van der Waals surface area contributed by atoms with Gasteiger partial charge in [0.25, 0.3) is 5.91 Å². The molecule has 0 aliphatic carbocycles. The Morgan fingerprint density at radius 1 is 1.19 bits per heavy atom. The van der Waals surface area contributed by atoms with Crippen LogP contribution in [0.5, 0.6) is 0 Å². The molecule has 0 unspecified atom stereocenters. The highest BCUT2D eigenvalue weighted by Gasteiger charge is 2.38. The number of nitrogens with two attached hydrogens (primary N) is 1. The molecule has 0 radical (unpaired) electrons. The van der Waals surface area contributed by atoms with E-state index in [0.717, 1.165) is 36.8 Å². The number of unbranched alkanes of at least 4 members (excludes halogenated alkanes) is 1. The molecule has 2 aromatic carbocycles. The van der Waals surface area contributed by atoms with E-state index in [2.05, 4.69) is 16.3 Å². The first kappa shape index (κ1) is 27.1. The smallest absolute Gasteiger partial charge is 0.325 e. The zero-order valence-corrected chi connectivity index (χ0v) is 21.1. The Balaban J connectivity index is 1.64. The normalized spacial score (nSPS) is 15.2. The number of esters is 1. The molecule has 1 heterocycles. The topological polar surface area (TPSA) is 129 Å². The molecule has 1 aliphatic heterocycles. The summed E-state index contributed by atoms with van der Waals surface area (Å²) in [5, 5.41) is 14.2. The molecule has 0 saturated carbocycles. The molecule has 3 N–H and O–H groups in total. The van der Waals surface area contributed by atoms with Crippen molar-refractivity contribution in [3.05, 3.63) is 47.5 Å². The predicted molar refractivity (Wildman–Crippen MR) is 137 cm³/mol. The van der Waals surface area contributed by atoms with Crippen LogP contribution in [-0.2, 0) is 14.3 Å². The molecule has 0 atom stereocenters. The third-order valence-electron chi connectivity index (χ3n) is 6.90. The molecular formula is C27H35N5O4. The molecule has 9 heteroatoms. The highest BCUT2D eigenvalue weighted by molar-refractivity contribution is 6.08. The number of fused-ring (bicyclic) bond motifs is 1. The summed E-state index contributed by atoms with van der Waals surface area (Å²) in [6.45, 7) is 5.26. The van der Waals surface area contributed by atoms with Gasteiger partial charge in [-0.05, 0) is 61.7 Å². The highest BCUT2D eigenvalue weighted by Crippen LogP contribution is 2.24. The number of hydrogen-bond acceptors (Lipinski definition) is 7. The molecule has 192 valence electrons. The maximum atomic E-state index is 13.5. The van der Waals surface area contributed by atoms with E-state index < -0.39 is 11.5 Å². The van der Waals surface area contributed by atoms with Crippen molar-refractivity contribution in [2.45, 2.75) is 38.1 Å². The highest BCUT2D eigenvalue weighted by atomic mass is 16.5. The number of benzene rings is 2. The van der Waals surface area contributed by atoms with Crippen LogP contribution in [0.4, 0.5) is 0 Å². The number of carbonyl (C=O) groups is 3. The Morgan fingerprint density at radius 2 is 1.92 bits per heavy atom. The van der Waals surface area contributed by atoms with Gasteiger partial charge in [-0.3, -0.25) is 14.4 Å². The van der Waals surface area contributed by atoms with Crippen molar-refractivity contribution < 1.29 is 19.1 Å². The third kappa shape index (κ3) is 6.39. The van der Waals surface area contributed by atoms with Gasteiger partial charge in [0.05, 0.1) is 18.7 Å². The summed E-state index contributed by atoms with van der Waals surface area (Å²) in [6, 6.07) is 12.8. The van der Waals surface area contributed by atoms with Crippen molar-refractivity contribution in [3.8, 4) is 6.07 Å². The second-order valence-electron chi connectivity index (χ2n) is 9.19. The number of nitrogens with one attached hydrogen (secondary N) is 1. The van der Waals surface area contributed by atoms with E-state index in [9.17, 15) is 19.6 Å². The zero-order valence-electron chi connectivity index (χ0n) is 21.1. The van der Waals surface area contributed by atoms with E-state index in [4.69, 9.17) is 10.5 Å². The van der Waals surface area contributed by atoms with Gasteiger partial charge in [0.2, 0.25) is 5.91 Å². The molecule has 9 nitrogen and oxygen atoms in total. The van der Waals surface area contributed by atoms with Crippen molar-refractivity contribution in [3.63, 3.8) is 0 Å². The number of ether oxygens (including phenoxy) is 1. The monoisotopic (exact) mass is 493 g/mol. The van der Waals surface area contributed by atoms with Gasteiger partial charge in [-0.15, -0.1) is 0 Å². The number of hydrogen-bond donors (Lipinski definition) is 2. The maximum absolute atomic E-state index is 13.5. The van der Waals surface area contributed by atoms with Crippen LogP contribution in [0.2, 0.25) is 0 Å². The van der Waals surface area contributed by atoms with Crippen LogP contribution < -0.4 is 11.1 Å². The zero-order chi connectivity index (χ0) is 26.1. The Morgan fingerprint density at radius 3 is 2.56 bits per heavy atom. The number of likely N-dealkylation sites (N-methyl/N-ethyl adjacent to an activating group) is 1. The van der Waals surface area contributed by atoms with Crippen molar-refractivity contribution in [1.29, 1.82) is 5.26 Å². The largest absolute Gasteiger partial charge is 0.468 e. The molecule has 2 amide bonds. The Hall–Kier alpha value is -3.48. The quantitative estimate of drug-likeness (QED) is 0.362. The molecule has 1 aliphatic rings. The Labute approximate surface area is 212 Å². The first-order valence-electron chi connectivity index (χ1n) is 12.4. The van der Waals surface area contributed by atoms with Crippen LogP contribution >= 0.6 is 0 Å². The van der Waals surface area contributed by atoms with Crippen molar-refractivity contribution >= 4 is 28.6 Å². The van der Waals surface area contributed by atoms with Crippen LogP contribution in [0.15, 0.2) is 36.4 Å². The van der Waals surface area contributed by atoms with Crippen LogP contribution in [0.1, 0.15) is 48.5 Å². The van der Waals surface area contributed by atoms with Crippen molar-refractivity contribution in [2.24, 2.45) is 5.73 Å². The number of primary amides is 1.